The molecule has 1 amide bonds. The third-order valence-corrected chi connectivity index (χ3v) is 5.67. The number of anilines is 1. The van der Waals surface area contributed by atoms with E-state index in [9.17, 15) is 13.2 Å². The molecule has 0 aliphatic heterocycles. The molecule has 0 aromatic heterocycles. The lowest BCUT2D eigenvalue weighted by atomic mass is 10.0. The van der Waals surface area contributed by atoms with Crippen LogP contribution < -0.4 is 14.4 Å². The Bertz CT molecular complexity index is 891. The molecule has 152 valence electrons. The smallest absolute Gasteiger partial charge is 0.241 e. The van der Waals surface area contributed by atoms with E-state index < -0.39 is 10.0 Å². The van der Waals surface area contributed by atoms with Crippen LogP contribution in [0.3, 0.4) is 0 Å². The molecule has 2 aromatic rings. The average molecular weight is 405 g/mol. The number of nitrogens with zero attached hydrogens (tertiary/aromatic N) is 1. The van der Waals surface area contributed by atoms with Gasteiger partial charge in [-0.25, -0.2) is 8.42 Å². The molecular weight excluding hydrogens is 376 g/mol. The third kappa shape index (κ3) is 5.73. The second kappa shape index (κ2) is 9.10. The molecule has 0 saturated heterocycles. The number of ether oxygens (including phenoxy) is 1. The Morgan fingerprint density at radius 1 is 1.00 bits per heavy atom. The number of rotatable bonds is 8. The first-order chi connectivity index (χ1) is 13.1. The van der Waals surface area contributed by atoms with Gasteiger partial charge in [0.15, 0.2) is 0 Å². The minimum atomic E-state index is -3.60. The van der Waals surface area contributed by atoms with Gasteiger partial charge in [0.2, 0.25) is 15.9 Å². The van der Waals surface area contributed by atoms with Crippen molar-refractivity contribution in [3.05, 3.63) is 59.7 Å². The zero-order chi connectivity index (χ0) is 20.9. The van der Waals surface area contributed by atoms with E-state index in [0.717, 1.165) is 27.4 Å². The van der Waals surface area contributed by atoms with E-state index >= 15 is 0 Å². The maximum absolute atomic E-state index is 12.5. The van der Waals surface area contributed by atoms with Gasteiger partial charge in [-0.15, -0.1) is 0 Å². The summed E-state index contributed by atoms with van der Waals surface area (Å²) in [7, 11) is -2.01. The van der Waals surface area contributed by atoms with Crippen LogP contribution in [0.15, 0.2) is 48.5 Å². The minimum absolute atomic E-state index is 0.261. The summed E-state index contributed by atoms with van der Waals surface area (Å²) in [6.45, 7) is 5.71. The van der Waals surface area contributed by atoms with Gasteiger partial charge >= 0.3 is 0 Å². The topological polar surface area (TPSA) is 75.7 Å². The number of hydrogen-bond donors (Lipinski definition) is 1. The quantitative estimate of drug-likeness (QED) is 0.731. The Hall–Kier alpha value is -2.54. The van der Waals surface area contributed by atoms with E-state index in [4.69, 9.17) is 4.74 Å². The molecule has 6 nitrogen and oxygen atoms in total. The van der Waals surface area contributed by atoms with Crippen molar-refractivity contribution in [3.8, 4) is 5.75 Å². The van der Waals surface area contributed by atoms with Crippen molar-refractivity contribution in [1.29, 1.82) is 0 Å². The van der Waals surface area contributed by atoms with Gasteiger partial charge < -0.3 is 10.1 Å². The molecule has 7 heteroatoms. The zero-order valence-electron chi connectivity index (χ0n) is 17.0. The summed E-state index contributed by atoms with van der Waals surface area (Å²) in [5, 5.41) is 2.85. The second-order valence-corrected chi connectivity index (χ2v) is 8.99. The summed E-state index contributed by atoms with van der Waals surface area (Å²) >= 11 is 0. The summed E-state index contributed by atoms with van der Waals surface area (Å²) in [4.78, 5) is 12.5. The summed E-state index contributed by atoms with van der Waals surface area (Å²) in [6, 6.07) is 14.3. The Morgan fingerprint density at radius 3 is 2.00 bits per heavy atom. The second-order valence-electron chi connectivity index (χ2n) is 7.08. The highest BCUT2D eigenvalue weighted by Gasteiger charge is 2.22. The zero-order valence-corrected chi connectivity index (χ0v) is 17.8. The molecule has 0 fully saturated rings. The first kappa shape index (κ1) is 21.8. The van der Waals surface area contributed by atoms with E-state index in [2.05, 4.69) is 19.2 Å². The van der Waals surface area contributed by atoms with Crippen LogP contribution in [0.4, 0.5) is 5.69 Å². The van der Waals surface area contributed by atoms with Gasteiger partial charge in [0.1, 0.15) is 12.3 Å². The number of benzene rings is 2. The van der Waals surface area contributed by atoms with Crippen molar-refractivity contribution in [2.75, 3.05) is 24.2 Å². The van der Waals surface area contributed by atoms with Gasteiger partial charge in [0.25, 0.3) is 0 Å². The van der Waals surface area contributed by atoms with Crippen molar-refractivity contribution < 1.29 is 17.9 Å². The van der Waals surface area contributed by atoms with E-state index in [1.807, 2.05) is 43.3 Å². The van der Waals surface area contributed by atoms with Crippen molar-refractivity contribution in [1.82, 2.24) is 5.32 Å². The number of sulfonamides is 1. The van der Waals surface area contributed by atoms with E-state index in [1.54, 1.807) is 19.2 Å². The Morgan fingerprint density at radius 2 is 1.54 bits per heavy atom. The SMILES string of the molecule is COc1ccc([C@@H](C)NC(=O)CN(c2ccc(C(C)C)cc2)S(C)(=O)=O)cc1. The highest BCUT2D eigenvalue weighted by Crippen LogP contribution is 2.22. The van der Waals surface area contributed by atoms with Crippen LogP contribution in [0.25, 0.3) is 0 Å². The lowest BCUT2D eigenvalue weighted by Crippen LogP contribution is -2.41. The highest BCUT2D eigenvalue weighted by molar-refractivity contribution is 7.92. The van der Waals surface area contributed by atoms with Crippen LogP contribution in [-0.4, -0.2) is 34.2 Å². The van der Waals surface area contributed by atoms with Gasteiger partial charge in [0, 0.05) is 0 Å². The van der Waals surface area contributed by atoms with Crippen LogP contribution in [0.5, 0.6) is 5.75 Å². The minimum Gasteiger partial charge on any atom is -0.497 e. The Kier molecular flexibility index (Phi) is 7.07. The molecule has 0 heterocycles. The molecule has 0 aliphatic carbocycles. The fraction of sp³-hybridized carbons (Fsp3) is 0.381. The molecule has 0 bridgehead atoms. The molecule has 1 N–H and O–H groups in total. The molecule has 2 aromatic carbocycles. The molecule has 1 atom stereocenters. The van der Waals surface area contributed by atoms with Crippen molar-refractivity contribution >= 4 is 21.6 Å². The molecular formula is C21H28N2O4S. The first-order valence-corrected chi connectivity index (χ1v) is 11.0. The van der Waals surface area contributed by atoms with E-state index in [0.29, 0.717) is 11.6 Å². The van der Waals surface area contributed by atoms with Gasteiger partial charge in [-0.3, -0.25) is 9.10 Å². The molecule has 0 spiro atoms. The molecule has 2 rings (SSSR count). The van der Waals surface area contributed by atoms with Gasteiger partial charge in [-0.1, -0.05) is 38.1 Å². The van der Waals surface area contributed by atoms with Crippen LogP contribution in [0, 0.1) is 0 Å². The predicted octanol–water partition coefficient (Wildman–Crippen LogP) is 3.46. The molecule has 0 aliphatic rings. The van der Waals surface area contributed by atoms with Crippen LogP contribution in [0.2, 0.25) is 0 Å². The van der Waals surface area contributed by atoms with Gasteiger partial charge in [0.05, 0.1) is 25.1 Å². The fourth-order valence-corrected chi connectivity index (χ4v) is 3.68. The first-order valence-electron chi connectivity index (χ1n) is 9.12. The van der Waals surface area contributed by atoms with Crippen molar-refractivity contribution in [2.24, 2.45) is 0 Å². The maximum atomic E-state index is 12.5. The van der Waals surface area contributed by atoms with Crippen LogP contribution in [-0.2, 0) is 14.8 Å². The summed E-state index contributed by atoms with van der Waals surface area (Å²) in [6.07, 6.45) is 1.10. The van der Waals surface area contributed by atoms with Gasteiger partial charge in [-0.05, 0) is 48.2 Å². The monoisotopic (exact) mass is 404 g/mol. The summed E-state index contributed by atoms with van der Waals surface area (Å²) in [5.74, 6) is 0.700. The predicted molar refractivity (Wildman–Crippen MR) is 112 cm³/mol. The fourth-order valence-electron chi connectivity index (χ4n) is 2.82. The number of nitrogens with one attached hydrogen (secondary N) is 1. The highest BCUT2D eigenvalue weighted by atomic mass is 32.2. The van der Waals surface area contributed by atoms with Crippen LogP contribution >= 0.6 is 0 Å². The molecule has 0 unspecified atom stereocenters. The summed E-state index contributed by atoms with van der Waals surface area (Å²) in [5.41, 5.74) is 2.48. The van der Waals surface area contributed by atoms with Crippen molar-refractivity contribution in [3.63, 3.8) is 0 Å². The lowest BCUT2D eigenvalue weighted by Gasteiger charge is -2.23. The number of carbonyl (C=O) groups excluding carboxylic acids is 1. The molecule has 0 saturated carbocycles. The van der Waals surface area contributed by atoms with Crippen LogP contribution in [0.1, 0.15) is 43.9 Å². The van der Waals surface area contributed by atoms with E-state index in [-0.39, 0.29) is 18.5 Å². The number of methoxy groups -OCH3 is 1. The molecule has 28 heavy (non-hydrogen) atoms. The van der Waals surface area contributed by atoms with Gasteiger partial charge in [-0.2, -0.15) is 0 Å². The number of amides is 1. The lowest BCUT2D eigenvalue weighted by molar-refractivity contribution is -0.120. The summed E-state index contributed by atoms with van der Waals surface area (Å²) < 4.78 is 30.7. The Labute approximate surface area is 167 Å². The average Bonchev–Trinajstić information content (AvgIpc) is 2.65. The standard InChI is InChI=1S/C21H28N2O4S/c1-15(2)17-6-10-19(11-7-17)23(28(5,25)26)14-21(24)22-16(3)18-8-12-20(27-4)13-9-18/h6-13,15-16H,14H2,1-5H3,(H,22,24)/t16-/m1/s1. The number of hydrogen-bond acceptors (Lipinski definition) is 4. The maximum Gasteiger partial charge on any atom is 0.241 e. The third-order valence-electron chi connectivity index (χ3n) is 4.53. The Balaban J connectivity index is 2.12. The van der Waals surface area contributed by atoms with Crippen molar-refractivity contribution in [2.45, 2.75) is 32.7 Å². The van der Waals surface area contributed by atoms with E-state index in [1.165, 1.54) is 0 Å². The normalized spacial score (nSPS) is 12.5. The molecule has 0 radical (unpaired) electrons. The number of carbonyl (C=O) groups is 1. The largest absolute Gasteiger partial charge is 0.497 e.